The smallest absolute Gasteiger partial charge is 0.270 e. The second kappa shape index (κ2) is 15.0. The first kappa shape index (κ1) is 29.0. The van der Waals surface area contributed by atoms with Crippen LogP contribution in [-0.4, -0.2) is 60.0 Å². The Hall–Kier alpha value is -2.59. The number of aromatic nitrogens is 2. The summed E-state index contributed by atoms with van der Waals surface area (Å²) in [5.74, 6) is 0.595. The first-order chi connectivity index (χ1) is 17.9. The van der Waals surface area contributed by atoms with E-state index >= 15 is 0 Å². The van der Waals surface area contributed by atoms with E-state index in [9.17, 15) is 4.79 Å². The minimum Gasteiger partial charge on any atom is -0.397 e. The van der Waals surface area contributed by atoms with Gasteiger partial charge < -0.3 is 22.1 Å². The predicted octanol–water partition coefficient (Wildman–Crippen LogP) is 4.61. The molecule has 8 nitrogen and oxygen atoms in total. The number of carbonyl (C=O) groups excluding carboxylic acids is 1. The summed E-state index contributed by atoms with van der Waals surface area (Å²) in [5, 5.41) is 6.46. The lowest BCUT2D eigenvalue weighted by atomic mass is 9.96. The lowest BCUT2D eigenvalue weighted by molar-refractivity contribution is 0.0932. The molecule has 0 atom stereocenters. The van der Waals surface area contributed by atoms with Crippen LogP contribution in [0.1, 0.15) is 49.3 Å². The van der Waals surface area contributed by atoms with Crippen molar-refractivity contribution >= 4 is 45.7 Å². The maximum atomic E-state index is 12.8. The number of likely N-dealkylation sites (tertiary alicyclic amines) is 1. The fraction of sp³-hybridized carbons (Fsp3) is 0.444. The second-order valence-electron chi connectivity index (χ2n) is 8.98. The number of halogens is 1. The van der Waals surface area contributed by atoms with Crippen molar-refractivity contribution in [3.63, 3.8) is 0 Å². The van der Waals surface area contributed by atoms with Gasteiger partial charge >= 0.3 is 0 Å². The molecule has 37 heavy (non-hydrogen) atoms. The maximum Gasteiger partial charge on any atom is 0.270 e. The topological polar surface area (TPSA) is 122 Å². The number of amides is 1. The Labute approximate surface area is 229 Å². The molecular weight excluding hydrogens is 506 g/mol. The highest BCUT2D eigenvalue weighted by Gasteiger charge is 2.22. The van der Waals surface area contributed by atoms with Crippen LogP contribution in [0.5, 0.6) is 0 Å². The van der Waals surface area contributed by atoms with Gasteiger partial charge in [0.2, 0.25) is 0 Å². The summed E-state index contributed by atoms with van der Waals surface area (Å²) in [6, 6.07) is 7.52. The van der Waals surface area contributed by atoms with Crippen LogP contribution in [0, 0.1) is 5.92 Å². The molecule has 0 aromatic carbocycles. The normalized spacial score (nSPS) is 15.6. The molecule has 1 fully saturated rings. The summed E-state index contributed by atoms with van der Waals surface area (Å²) < 4.78 is 0. The van der Waals surface area contributed by atoms with E-state index in [1.54, 1.807) is 11.8 Å². The molecule has 1 amide bonds. The summed E-state index contributed by atoms with van der Waals surface area (Å²) in [7, 11) is 0. The van der Waals surface area contributed by atoms with Gasteiger partial charge in [0.1, 0.15) is 16.5 Å². The number of anilines is 2. The van der Waals surface area contributed by atoms with Gasteiger partial charge in [-0.25, -0.2) is 4.98 Å². The number of allylic oxidation sites excluding steroid dienone is 2. The molecular formula is C27H38ClN7OS. The molecule has 3 rings (SSSR count). The summed E-state index contributed by atoms with van der Waals surface area (Å²) in [6.07, 6.45) is 8.96. The Bertz CT molecular complexity index is 1090. The van der Waals surface area contributed by atoms with E-state index in [0.29, 0.717) is 42.1 Å². The lowest BCUT2D eigenvalue weighted by Gasteiger charge is -2.32. The van der Waals surface area contributed by atoms with Crippen molar-refractivity contribution in [3.8, 4) is 0 Å². The molecule has 1 saturated heterocycles. The summed E-state index contributed by atoms with van der Waals surface area (Å²) in [5.41, 5.74) is 13.1. The van der Waals surface area contributed by atoms with Crippen molar-refractivity contribution in [1.29, 1.82) is 0 Å². The quantitative estimate of drug-likeness (QED) is 0.286. The first-order valence-corrected chi connectivity index (χ1v) is 14.0. The molecule has 1 aliphatic heterocycles. The molecule has 0 aliphatic carbocycles. The van der Waals surface area contributed by atoms with Crippen LogP contribution >= 0.6 is 23.4 Å². The minimum absolute atomic E-state index is 0.242. The van der Waals surface area contributed by atoms with E-state index < -0.39 is 0 Å². The minimum atomic E-state index is -0.242. The number of pyridine rings is 2. The third kappa shape index (κ3) is 8.74. The Morgan fingerprint density at radius 2 is 2.03 bits per heavy atom. The number of thioether (sulfide) groups is 1. The van der Waals surface area contributed by atoms with E-state index in [0.717, 1.165) is 44.6 Å². The van der Waals surface area contributed by atoms with Crippen LogP contribution < -0.4 is 22.1 Å². The van der Waals surface area contributed by atoms with Gasteiger partial charge in [-0.15, -0.1) is 0 Å². The lowest BCUT2D eigenvalue weighted by Crippen LogP contribution is -2.39. The molecule has 0 unspecified atom stereocenters. The molecule has 0 saturated carbocycles. The molecule has 200 valence electrons. The van der Waals surface area contributed by atoms with Crippen molar-refractivity contribution in [2.45, 2.75) is 33.1 Å². The molecule has 0 radical (unpaired) electrons. The average molecular weight is 544 g/mol. The molecule has 0 bridgehead atoms. The highest BCUT2D eigenvalue weighted by molar-refractivity contribution is 8.11. The fourth-order valence-corrected chi connectivity index (χ4v) is 5.23. The van der Waals surface area contributed by atoms with Crippen LogP contribution in [0.3, 0.4) is 0 Å². The van der Waals surface area contributed by atoms with Crippen LogP contribution in [-0.2, 0) is 0 Å². The number of nitrogen functional groups attached to an aromatic ring is 1. The molecule has 3 heterocycles. The van der Waals surface area contributed by atoms with Gasteiger partial charge in [0, 0.05) is 30.7 Å². The number of piperidine rings is 1. The van der Waals surface area contributed by atoms with E-state index in [1.807, 2.05) is 24.4 Å². The van der Waals surface area contributed by atoms with E-state index in [2.05, 4.69) is 51.5 Å². The van der Waals surface area contributed by atoms with E-state index in [1.165, 1.54) is 15.9 Å². The maximum absolute atomic E-state index is 12.8. The number of hydrogen-bond acceptors (Lipinski definition) is 8. The number of nitrogens with zero attached hydrogens (tertiary/aromatic N) is 3. The highest BCUT2D eigenvalue weighted by Crippen LogP contribution is 2.33. The molecule has 6 N–H and O–H groups in total. The zero-order valence-electron chi connectivity index (χ0n) is 21.7. The first-order valence-electron chi connectivity index (χ1n) is 12.8. The molecule has 10 heteroatoms. The van der Waals surface area contributed by atoms with Crippen molar-refractivity contribution in [1.82, 2.24) is 20.2 Å². The fourth-order valence-electron chi connectivity index (χ4n) is 4.08. The second-order valence-corrected chi connectivity index (χ2v) is 10.5. The number of carbonyl (C=O) groups is 1. The van der Waals surface area contributed by atoms with Crippen LogP contribution in [0.2, 0.25) is 5.02 Å². The highest BCUT2D eigenvalue weighted by atomic mass is 35.5. The third-order valence-corrected chi connectivity index (χ3v) is 7.96. The number of nitrogens with two attached hydrogens (primary N) is 2. The monoisotopic (exact) mass is 543 g/mol. The van der Waals surface area contributed by atoms with E-state index in [4.69, 9.17) is 23.1 Å². The number of hydrogen-bond donors (Lipinski definition) is 4. The standard InChI is InChI=1S/C27H38ClN7OS/c1-3-20(37-24(4-2)22-8-5-6-12-31-22)18-35-14-9-19(10-15-35)17-33-27(36)23-16-21(30)25(28)26(34-23)32-13-7-11-29/h3-6,8,12,16,19H,7,9-11,13-15,17-18,29H2,1-2H3,(H,33,36)(H3,30,32,34)/b20-3-,24-4-. The largest absolute Gasteiger partial charge is 0.397 e. The number of rotatable bonds is 12. The SMILES string of the molecule is C/C=C(/CN1CCC(CNC(=O)c2cc(N)c(Cl)c(NCCCN)n2)CC1)S/C(=C\C)c1ccccn1. The summed E-state index contributed by atoms with van der Waals surface area (Å²) in [6.45, 7) is 8.82. The van der Waals surface area contributed by atoms with Gasteiger partial charge in [-0.2, -0.15) is 0 Å². The van der Waals surface area contributed by atoms with Gasteiger partial charge in [0.15, 0.2) is 0 Å². The zero-order valence-corrected chi connectivity index (χ0v) is 23.2. The zero-order chi connectivity index (χ0) is 26.6. The van der Waals surface area contributed by atoms with Gasteiger partial charge in [-0.3, -0.25) is 14.7 Å². The van der Waals surface area contributed by atoms with Crippen LogP contribution in [0.25, 0.3) is 4.91 Å². The van der Waals surface area contributed by atoms with E-state index in [-0.39, 0.29) is 11.6 Å². The Morgan fingerprint density at radius 1 is 1.24 bits per heavy atom. The Balaban J connectivity index is 1.47. The van der Waals surface area contributed by atoms with Gasteiger partial charge in [-0.1, -0.05) is 41.6 Å². The third-order valence-electron chi connectivity index (χ3n) is 6.27. The van der Waals surface area contributed by atoms with Crippen molar-refractivity contribution < 1.29 is 4.79 Å². The summed E-state index contributed by atoms with van der Waals surface area (Å²) >= 11 is 8.03. The van der Waals surface area contributed by atoms with Crippen molar-refractivity contribution in [3.05, 3.63) is 63.9 Å². The average Bonchev–Trinajstić information content (AvgIpc) is 2.93. The molecule has 1 aliphatic rings. The molecule has 0 spiro atoms. The Morgan fingerprint density at radius 3 is 2.68 bits per heavy atom. The van der Waals surface area contributed by atoms with Crippen molar-refractivity contribution in [2.75, 3.05) is 50.3 Å². The van der Waals surface area contributed by atoms with Gasteiger partial charge in [0.25, 0.3) is 5.91 Å². The Kier molecular flexibility index (Phi) is 11.7. The summed E-state index contributed by atoms with van der Waals surface area (Å²) in [4.78, 5) is 26.6. The van der Waals surface area contributed by atoms with Crippen molar-refractivity contribution in [2.24, 2.45) is 11.7 Å². The van der Waals surface area contributed by atoms with Crippen LogP contribution in [0.15, 0.2) is 47.5 Å². The molecule has 2 aromatic heterocycles. The van der Waals surface area contributed by atoms with Gasteiger partial charge in [-0.05, 0) is 81.8 Å². The predicted molar refractivity (Wildman–Crippen MR) is 157 cm³/mol. The number of nitrogens with one attached hydrogen (secondary N) is 2. The van der Waals surface area contributed by atoms with Gasteiger partial charge in [0.05, 0.1) is 11.4 Å². The molecule has 2 aromatic rings. The van der Waals surface area contributed by atoms with Crippen LogP contribution in [0.4, 0.5) is 11.5 Å².